The molecule has 9 nitrogen and oxygen atoms in total. The SMILES string of the molecule is COC(=O)[C@H](NC(=O)[C@@H]1C[C@@H](NC(=O)CSC)CCN1C(=O)[C@H]1CCC[NH2+]1)C(C)C. The third-order valence-corrected chi connectivity index (χ3v) is 6.29. The zero-order valence-electron chi connectivity index (χ0n) is 18.3. The van der Waals surface area contributed by atoms with Gasteiger partial charge in [-0.1, -0.05) is 13.8 Å². The lowest BCUT2D eigenvalue weighted by molar-refractivity contribution is -0.658. The van der Waals surface area contributed by atoms with E-state index in [1.807, 2.05) is 25.4 Å². The molecule has 0 unspecified atom stereocenters. The summed E-state index contributed by atoms with van der Waals surface area (Å²) in [6.45, 7) is 4.96. The number of piperidine rings is 1. The summed E-state index contributed by atoms with van der Waals surface area (Å²) < 4.78 is 4.82. The maximum atomic E-state index is 13.2. The first-order chi connectivity index (χ1) is 14.3. The van der Waals surface area contributed by atoms with Crippen LogP contribution in [0.2, 0.25) is 0 Å². The average molecular weight is 444 g/mol. The van der Waals surface area contributed by atoms with Crippen molar-refractivity contribution in [2.24, 2.45) is 5.92 Å². The summed E-state index contributed by atoms with van der Waals surface area (Å²) in [7, 11) is 1.29. The molecule has 2 saturated heterocycles. The highest BCUT2D eigenvalue weighted by Crippen LogP contribution is 2.21. The van der Waals surface area contributed by atoms with Crippen LogP contribution >= 0.6 is 11.8 Å². The van der Waals surface area contributed by atoms with E-state index < -0.39 is 18.1 Å². The van der Waals surface area contributed by atoms with Crippen molar-refractivity contribution >= 4 is 35.5 Å². The van der Waals surface area contributed by atoms with Gasteiger partial charge in [-0.2, -0.15) is 11.8 Å². The fourth-order valence-electron chi connectivity index (χ4n) is 4.10. The minimum absolute atomic E-state index is 0.0410. The van der Waals surface area contributed by atoms with Gasteiger partial charge < -0.3 is 25.6 Å². The average Bonchev–Trinajstić information content (AvgIpc) is 3.25. The van der Waals surface area contributed by atoms with Crippen LogP contribution in [0.25, 0.3) is 0 Å². The normalized spacial score (nSPS) is 25.0. The third-order valence-electron chi connectivity index (χ3n) is 5.74. The molecule has 0 spiro atoms. The molecule has 0 aromatic carbocycles. The van der Waals surface area contributed by atoms with E-state index in [0.717, 1.165) is 19.4 Å². The number of thioether (sulfide) groups is 1. The van der Waals surface area contributed by atoms with Crippen molar-refractivity contribution in [3.05, 3.63) is 0 Å². The first-order valence-corrected chi connectivity index (χ1v) is 12.0. The van der Waals surface area contributed by atoms with Crippen molar-refractivity contribution in [2.75, 3.05) is 32.2 Å². The Morgan fingerprint density at radius 2 is 1.97 bits per heavy atom. The van der Waals surface area contributed by atoms with Crippen molar-refractivity contribution < 1.29 is 29.2 Å². The number of hydrogen-bond acceptors (Lipinski definition) is 6. The van der Waals surface area contributed by atoms with E-state index in [1.165, 1.54) is 18.9 Å². The van der Waals surface area contributed by atoms with Crippen molar-refractivity contribution in [3.8, 4) is 0 Å². The van der Waals surface area contributed by atoms with Gasteiger partial charge >= 0.3 is 5.97 Å². The summed E-state index contributed by atoms with van der Waals surface area (Å²) in [4.78, 5) is 52.0. The molecule has 0 aliphatic carbocycles. The lowest BCUT2D eigenvalue weighted by Crippen LogP contribution is -2.89. The molecule has 3 amide bonds. The molecule has 2 heterocycles. The molecule has 2 aliphatic heterocycles. The van der Waals surface area contributed by atoms with E-state index >= 15 is 0 Å². The lowest BCUT2D eigenvalue weighted by atomic mass is 9.94. The van der Waals surface area contributed by atoms with Crippen LogP contribution < -0.4 is 16.0 Å². The second-order valence-electron chi connectivity index (χ2n) is 8.30. The highest BCUT2D eigenvalue weighted by Gasteiger charge is 2.42. The van der Waals surface area contributed by atoms with E-state index in [2.05, 4.69) is 10.6 Å². The minimum Gasteiger partial charge on any atom is -0.467 e. The molecule has 4 N–H and O–H groups in total. The van der Waals surface area contributed by atoms with Gasteiger partial charge in [0.25, 0.3) is 5.91 Å². The van der Waals surface area contributed by atoms with Gasteiger partial charge in [-0.25, -0.2) is 4.79 Å². The van der Waals surface area contributed by atoms with Crippen LogP contribution in [0, 0.1) is 5.92 Å². The second kappa shape index (κ2) is 11.5. The predicted molar refractivity (Wildman–Crippen MR) is 114 cm³/mol. The molecule has 2 fully saturated rings. The summed E-state index contributed by atoms with van der Waals surface area (Å²) in [6, 6.07) is -1.87. The number of nitrogens with one attached hydrogen (secondary N) is 2. The number of quaternary nitrogens is 1. The number of esters is 1. The fourth-order valence-corrected chi connectivity index (χ4v) is 4.44. The summed E-state index contributed by atoms with van der Waals surface area (Å²) in [5.41, 5.74) is 0. The van der Waals surface area contributed by atoms with Crippen molar-refractivity contribution in [2.45, 2.75) is 63.7 Å². The van der Waals surface area contributed by atoms with Gasteiger partial charge in [0.1, 0.15) is 12.1 Å². The molecule has 0 radical (unpaired) electrons. The highest BCUT2D eigenvalue weighted by molar-refractivity contribution is 7.99. The smallest absolute Gasteiger partial charge is 0.328 e. The first kappa shape index (κ1) is 24.5. The maximum Gasteiger partial charge on any atom is 0.328 e. The van der Waals surface area contributed by atoms with Crippen LogP contribution in [0.1, 0.15) is 39.5 Å². The Labute approximate surface area is 182 Å². The van der Waals surface area contributed by atoms with Crippen molar-refractivity contribution in [1.29, 1.82) is 0 Å². The molecule has 170 valence electrons. The standard InChI is InChI=1S/C20H34N4O5S/c1-12(2)17(20(28)29-3)23-18(26)15-10-13(22-16(25)11-30-4)7-9-24(15)19(27)14-6-5-8-21-14/h12-15,17,21H,5-11H2,1-4H3,(H,22,25)(H,23,26)/p+1/t13-,14+,15-,17+/m0/s1. The first-order valence-electron chi connectivity index (χ1n) is 10.6. The number of nitrogens with two attached hydrogens (primary N) is 1. The molecule has 2 aliphatic rings. The molecule has 4 atom stereocenters. The number of carbonyl (C=O) groups is 4. The maximum absolute atomic E-state index is 13.2. The van der Waals surface area contributed by atoms with Gasteiger partial charge in [0, 0.05) is 25.4 Å². The molecule has 0 bridgehead atoms. The monoisotopic (exact) mass is 443 g/mol. The molecule has 0 saturated carbocycles. The Morgan fingerprint density at radius 1 is 1.23 bits per heavy atom. The summed E-state index contributed by atoms with van der Waals surface area (Å²) in [6.07, 6.45) is 4.57. The number of likely N-dealkylation sites (tertiary alicyclic amines) is 1. The predicted octanol–water partition coefficient (Wildman–Crippen LogP) is -1.14. The van der Waals surface area contributed by atoms with E-state index in [4.69, 9.17) is 4.74 Å². The topological polar surface area (TPSA) is 121 Å². The summed E-state index contributed by atoms with van der Waals surface area (Å²) in [5, 5.41) is 7.77. The number of rotatable bonds is 8. The van der Waals surface area contributed by atoms with Crippen LogP contribution in [0.5, 0.6) is 0 Å². The molecular weight excluding hydrogens is 408 g/mol. The largest absolute Gasteiger partial charge is 0.467 e. The molecule has 30 heavy (non-hydrogen) atoms. The zero-order chi connectivity index (χ0) is 22.3. The number of hydrogen-bond donors (Lipinski definition) is 3. The Kier molecular flexibility index (Phi) is 9.41. The Bertz CT molecular complexity index is 639. The van der Waals surface area contributed by atoms with Gasteiger partial charge in [-0.05, 0) is 25.0 Å². The van der Waals surface area contributed by atoms with Crippen LogP contribution in [0.4, 0.5) is 0 Å². The lowest BCUT2D eigenvalue weighted by Gasteiger charge is -2.39. The third kappa shape index (κ3) is 6.34. The second-order valence-corrected chi connectivity index (χ2v) is 9.16. The highest BCUT2D eigenvalue weighted by atomic mass is 32.2. The number of ether oxygens (including phenoxy) is 1. The van der Waals surface area contributed by atoms with Crippen LogP contribution in [-0.2, 0) is 23.9 Å². The molecule has 0 aromatic rings. The van der Waals surface area contributed by atoms with Gasteiger partial charge in [0.15, 0.2) is 6.04 Å². The van der Waals surface area contributed by atoms with Gasteiger partial charge in [-0.15, -0.1) is 0 Å². The quantitative estimate of drug-likeness (QED) is 0.408. The van der Waals surface area contributed by atoms with Crippen molar-refractivity contribution in [1.82, 2.24) is 15.5 Å². The van der Waals surface area contributed by atoms with E-state index in [0.29, 0.717) is 25.1 Å². The minimum atomic E-state index is -0.788. The fraction of sp³-hybridized carbons (Fsp3) is 0.800. The van der Waals surface area contributed by atoms with Gasteiger partial charge in [-0.3, -0.25) is 14.4 Å². The number of nitrogens with zero attached hydrogens (tertiary/aromatic N) is 1. The van der Waals surface area contributed by atoms with Crippen LogP contribution in [-0.4, -0.2) is 85.0 Å². The Morgan fingerprint density at radius 3 is 2.53 bits per heavy atom. The summed E-state index contributed by atoms with van der Waals surface area (Å²) in [5.74, 6) is -0.819. The van der Waals surface area contributed by atoms with E-state index in [-0.39, 0.29) is 35.7 Å². The van der Waals surface area contributed by atoms with E-state index in [1.54, 1.807) is 4.90 Å². The van der Waals surface area contributed by atoms with Gasteiger partial charge in [0.2, 0.25) is 11.8 Å². The molecule has 2 rings (SSSR count). The molecule has 0 aromatic heterocycles. The van der Waals surface area contributed by atoms with Crippen LogP contribution in [0.15, 0.2) is 0 Å². The van der Waals surface area contributed by atoms with E-state index in [9.17, 15) is 19.2 Å². The summed E-state index contributed by atoms with van der Waals surface area (Å²) >= 11 is 1.43. The molecule has 10 heteroatoms. The molecular formula is C20H35N4O5S+. The number of carbonyl (C=O) groups excluding carboxylic acids is 4. The van der Waals surface area contributed by atoms with Crippen molar-refractivity contribution in [3.63, 3.8) is 0 Å². The Balaban J connectivity index is 2.16. The Hall–Kier alpha value is -1.81. The number of methoxy groups -OCH3 is 1. The van der Waals surface area contributed by atoms with Crippen LogP contribution in [0.3, 0.4) is 0 Å². The zero-order valence-corrected chi connectivity index (χ0v) is 19.1. The van der Waals surface area contributed by atoms with Gasteiger partial charge in [0.05, 0.1) is 19.4 Å². The number of amides is 3.